The number of amides is 3. The zero-order valence-corrected chi connectivity index (χ0v) is 21.9. The van der Waals surface area contributed by atoms with Crippen molar-refractivity contribution < 1.29 is 24.3 Å². The number of aliphatic carboxylic acids is 1. The van der Waals surface area contributed by atoms with Crippen LogP contribution >= 0.6 is 0 Å². The fourth-order valence-electron chi connectivity index (χ4n) is 3.73. The summed E-state index contributed by atoms with van der Waals surface area (Å²) in [6.07, 6.45) is 0.694. The zero-order valence-electron chi connectivity index (χ0n) is 21.9. The topological polar surface area (TPSA) is 215 Å². The molecule has 2 aromatic carbocycles. The van der Waals surface area contributed by atoms with Gasteiger partial charge in [-0.2, -0.15) is 0 Å². The second kappa shape index (κ2) is 15.7. The molecule has 10 N–H and O–H groups in total. The minimum Gasteiger partial charge on any atom is -0.480 e. The summed E-state index contributed by atoms with van der Waals surface area (Å²) in [7, 11) is 0. The van der Waals surface area contributed by atoms with E-state index >= 15 is 0 Å². The molecule has 3 amide bonds. The van der Waals surface area contributed by atoms with Crippen molar-refractivity contribution >= 4 is 29.7 Å². The van der Waals surface area contributed by atoms with Gasteiger partial charge >= 0.3 is 5.97 Å². The number of hydrogen-bond donors (Lipinski definition) is 7. The van der Waals surface area contributed by atoms with E-state index in [1.165, 1.54) is 6.92 Å². The molecule has 0 saturated carbocycles. The van der Waals surface area contributed by atoms with Gasteiger partial charge in [-0.3, -0.25) is 19.4 Å². The summed E-state index contributed by atoms with van der Waals surface area (Å²) < 4.78 is 0. The molecule has 0 aliphatic carbocycles. The molecule has 2 aromatic rings. The maximum atomic E-state index is 13.3. The SMILES string of the molecule is CC(N)C(=O)NC(CCCN=C(N)N)C(=O)NC(Cc1ccccc1)C(=O)NC(Cc1ccccc1)C(=O)O. The highest BCUT2D eigenvalue weighted by molar-refractivity contribution is 5.94. The molecule has 0 aliphatic rings. The first kappa shape index (κ1) is 30.8. The quantitative estimate of drug-likeness (QED) is 0.0880. The number of rotatable bonds is 15. The maximum Gasteiger partial charge on any atom is 0.326 e. The number of carbonyl (C=O) groups is 4. The third-order valence-corrected chi connectivity index (χ3v) is 5.80. The second-order valence-electron chi connectivity index (χ2n) is 9.14. The summed E-state index contributed by atoms with van der Waals surface area (Å²) in [6.45, 7) is 1.71. The van der Waals surface area contributed by atoms with E-state index in [4.69, 9.17) is 17.2 Å². The predicted molar refractivity (Wildman–Crippen MR) is 147 cm³/mol. The van der Waals surface area contributed by atoms with Crippen molar-refractivity contribution in [2.24, 2.45) is 22.2 Å². The van der Waals surface area contributed by atoms with Crippen LogP contribution in [0.1, 0.15) is 30.9 Å². The van der Waals surface area contributed by atoms with Gasteiger partial charge in [-0.25, -0.2) is 4.79 Å². The number of benzene rings is 2. The normalized spacial score (nSPS) is 13.7. The molecule has 0 fully saturated rings. The van der Waals surface area contributed by atoms with Gasteiger partial charge in [-0.1, -0.05) is 60.7 Å². The first-order valence-electron chi connectivity index (χ1n) is 12.6. The Hall–Kier alpha value is -4.45. The van der Waals surface area contributed by atoms with Gasteiger partial charge in [0.05, 0.1) is 6.04 Å². The number of guanidine groups is 1. The van der Waals surface area contributed by atoms with Crippen LogP contribution in [0.3, 0.4) is 0 Å². The third-order valence-electron chi connectivity index (χ3n) is 5.80. The highest BCUT2D eigenvalue weighted by Gasteiger charge is 2.30. The lowest BCUT2D eigenvalue weighted by molar-refractivity contribution is -0.142. The molecule has 2 rings (SSSR count). The molecule has 0 bridgehead atoms. The van der Waals surface area contributed by atoms with Crippen LogP contribution in [-0.2, 0) is 32.0 Å². The van der Waals surface area contributed by atoms with E-state index in [-0.39, 0.29) is 31.8 Å². The van der Waals surface area contributed by atoms with Gasteiger partial charge in [0.1, 0.15) is 18.1 Å². The van der Waals surface area contributed by atoms with E-state index in [2.05, 4.69) is 20.9 Å². The van der Waals surface area contributed by atoms with Gasteiger partial charge in [-0.05, 0) is 30.9 Å². The number of hydrogen-bond acceptors (Lipinski definition) is 6. The van der Waals surface area contributed by atoms with Crippen LogP contribution in [-0.4, -0.2) is 65.5 Å². The minimum absolute atomic E-state index is 0.0613. The van der Waals surface area contributed by atoms with E-state index in [1.54, 1.807) is 54.6 Å². The Morgan fingerprint density at radius 1 is 0.769 bits per heavy atom. The van der Waals surface area contributed by atoms with Crippen LogP contribution in [0.2, 0.25) is 0 Å². The number of nitrogens with two attached hydrogens (primary N) is 3. The van der Waals surface area contributed by atoms with Crippen molar-refractivity contribution in [3.63, 3.8) is 0 Å². The molecule has 12 heteroatoms. The Morgan fingerprint density at radius 3 is 1.72 bits per heavy atom. The zero-order chi connectivity index (χ0) is 28.8. The van der Waals surface area contributed by atoms with Crippen LogP contribution in [0, 0.1) is 0 Å². The fraction of sp³-hybridized carbons (Fsp3) is 0.370. The number of nitrogens with one attached hydrogen (secondary N) is 3. The van der Waals surface area contributed by atoms with Crippen LogP contribution in [0.25, 0.3) is 0 Å². The van der Waals surface area contributed by atoms with E-state index in [0.29, 0.717) is 6.42 Å². The van der Waals surface area contributed by atoms with Crippen molar-refractivity contribution in [3.8, 4) is 0 Å². The molecule has 0 radical (unpaired) electrons. The van der Waals surface area contributed by atoms with Gasteiger partial charge in [0.2, 0.25) is 17.7 Å². The standard InChI is InChI=1S/C27H37N7O5/c1-17(28)23(35)32-20(13-8-14-31-27(29)30)24(36)33-21(15-18-9-4-2-5-10-18)25(37)34-22(26(38)39)16-19-11-6-3-7-12-19/h2-7,9-12,17,20-22H,8,13-16,28H2,1H3,(H,32,35)(H,33,36)(H,34,37)(H,38,39)(H4,29,30,31). The third kappa shape index (κ3) is 11.2. The maximum absolute atomic E-state index is 13.3. The van der Waals surface area contributed by atoms with Crippen molar-refractivity contribution in [1.82, 2.24) is 16.0 Å². The van der Waals surface area contributed by atoms with Crippen molar-refractivity contribution in [2.45, 2.75) is 56.8 Å². The summed E-state index contributed by atoms with van der Waals surface area (Å²) >= 11 is 0. The largest absolute Gasteiger partial charge is 0.480 e. The highest BCUT2D eigenvalue weighted by atomic mass is 16.4. The minimum atomic E-state index is -1.22. The predicted octanol–water partition coefficient (Wildman–Crippen LogP) is -0.588. The molecule has 0 aromatic heterocycles. The van der Waals surface area contributed by atoms with Crippen molar-refractivity contribution in [1.29, 1.82) is 0 Å². The molecular formula is C27H37N7O5. The highest BCUT2D eigenvalue weighted by Crippen LogP contribution is 2.08. The molecule has 12 nitrogen and oxygen atoms in total. The van der Waals surface area contributed by atoms with E-state index < -0.39 is 47.9 Å². The molecule has 0 spiro atoms. The van der Waals surface area contributed by atoms with Gasteiger partial charge in [0.15, 0.2) is 5.96 Å². The summed E-state index contributed by atoms with van der Waals surface area (Å²) in [4.78, 5) is 54.7. The van der Waals surface area contributed by atoms with E-state index in [0.717, 1.165) is 11.1 Å². The number of carboxylic acid groups (broad SMARTS) is 1. The first-order valence-corrected chi connectivity index (χ1v) is 12.6. The monoisotopic (exact) mass is 539 g/mol. The van der Waals surface area contributed by atoms with E-state index in [9.17, 15) is 24.3 Å². The van der Waals surface area contributed by atoms with Crippen LogP contribution in [0.5, 0.6) is 0 Å². The summed E-state index contributed by atoms with van der Waals surface area (Å²) in [6, 6.07) is 13.6. The lowest BCUT2D eigenvalue weighted by Gasteiger charge is -2.25. The summed E-state index contributed by atoms with van der Waals surface area (Å²) in [5.74, 6) is -3.15. The number of carboxylic acids is 1. The molecule has 4 atom stereocenters. The molecule has 0 heterocycles. The van der Waals surface area contributed by atoms with Gasteiger partial charge < -0.3 is 38.3 Å². The summed E-state index contributed by atoms with van der Waals surface area (Å²) in [5.41, 5.74) is 17.8. The Balaban J connectivity index is 2.23. The van der Waals surface area contributed by atoms with E-state index in [1.807, 2.05) is 6.07 Å². The molecule has 0 saturated heterocycles. The second-order valence-corrected chi connectivity index (χ2v) is 9.14. The Bertz CT molecular complexity index is 1120. The van der Waals surface area contributed by atoms with Gasteiger partial charge in [0, 0.05) is 19.4 Å². The Morgan fingerprint density at radius 2 is 1.23 bits per heavy atom. The number of aliphatic imine (C=N–C) groups is 1. The number of carbonyl (C=O) groups excluding carboxylic acids is 3. The lowest BCUT2D eigenvalue weighted by Crippen LogP contribution is -2.57. The van der Waals surface area contributed by atoms with Gasteiger partial charge in [-0.15, -0.1) is 0 Å². The van der Waals surface area contributed by atoms with Crippen molar-refractivity contribution in [3.05, 3.63) is 71.8 Å². The molecule has 4 unspecified atom stereocenters. The number of nitrogens with zero attached hydrogens (tertiary/aromatic N) is 1. The Kier molecular flexibility index (Phi) is 12.4. The summed E-state index contributed by atoms with van der Waals surface area (Å²) in [5, 5.41) is 17.6. The smallest absolute Gasteiger partial charge is 0.326 e. The average Bonchev–Trinajstić information content (AvgIpc) is 2.90. The van der Waals surface area contributed by atoms with Crippen LogP contribution < -0.4 is 33.2 Å². The lowest BCUT2D eigenvalue weighted by atomic mass is 10.0. The molecule has 210 valence electrons. The van der Waals surface area contributed by atoms with Gasteiger partial charge in [0.25, 0.3) is 0 Å². The fourth-order valence-corrected chi connectivity index (χ4v) is 3.73. The Labute approximate surface area is 227 Å². The van der Waals surface area contributed by atoms with Crippen molar-refractivity contribution in [2.75, 3.05) is 6.54 Å². The molecular weight excluding hydrogens is 502 g/mol. The van der Waals surface area contributed by atoms with Crippen LogP contribution in [0.15, 0.2) is 65.7 Å². The molecule has 0 aliphatic heterocycles. The first-order chi connectivity index (χ1) is 18.6. The molecule has 39 heavy (non-hydrogen) atoms. The van der Waals surface area contributed by atoms with Crippen LogP contribution in [0.4, 0.5) is 0 Å². The average molecular weight is 540 g/mol.